The molecule has 1 atom stereocenters. The fourth-order valence-electron chi connectivity index (χ4n) is 2.91. The normalized spacial score (nSPS) is 22.3. The molecular formula is C13H27N3O. The number of carbonyl (C=O) groups excluding carboxylic acids is 1. The molecule has 1 aliphatic heterocycles. The number of primary amides is 1. The van der Waals surface area contributed by atoms with Crippen molar-refractivity contribution in [1.82, 2.24) is 4.90 Å². The summed E-state index contributed by atoms with van der Waals surface area (Å²) in [6.45, 7) is 7.19. The van der Waals surface area contributed by atoms with Gasteiger partial charge in [0, 0.05) is 19.0 Å². The second kappa shape index (κ2) is 6.36. The highest BCUT2D eigenvalue weighted by molar-refractivity contribution is 5.74. The molecule has 4 nitrogen and oxygen atoms in total. The lowest BCUT2D eigenvalue weighted by Crippen LogP contribution is -2.49. The van der Waals surface area contributed by atoms with E-state index in [9.17, 15) is 4.79 Å². The molecule has 1 heterocycles. The summed E-state index contributed by atoms with van der Waals surface area (Å²) in [5.41, 5.74) is 11.5. The lowest BCUT2D eigenvalue weighted by atomic mass is 9.74. The van der Waals surface area contributed by atoms with Crippen molar-refractivity contribution in [3.8, 4) is 0 Å². The van der Waals surface area contributed by atoms with Gasteiger partial charge in [0.15, 0.2) is 0 Å². The van der Waals surface area contributed by atoms with Crippen LogP contribution in [0.3, 0.4) is 0 Å². The third kappa shape index (κ3) is 3.68. The average Bonchev–Trinajstić information content (AvgIpc) is 2.36. The van der Waals surface area contributed by atoms with Crippen LogP contribution in [-0.4, -0.2) is 36.5 Å². The van der Waals surface area contributed by atoms with Crippen molar-refractivity contribution >= 4 is 5.91 Å². The molecule has 0 radical (unpaired) electrons. The van der Waals surface area contributed by atoms with E-state index >= 15 is 0 Å². The third-order valence-electron chi connectivity index (χ3n) is 4.58. The standard InChI is InChI=1S/C13H27N3O/c1-3-13(4-2)5-7-16(8-6-13)11(10-14)9-12(15)17/h11H,3-10,14H2,1-2H3,(H2,15,17). The predicted molar refractivity (Wildman–Crippen MR) is 70.5 cm³/mol. The molecule has 1 fully saturated rings. The third-order valence-corrected chi connectivity index (χ3v) is 4.58. The molecule has 1 aliphatic rings. The minimum atomic E-state index is -0.247. The van der Waals surface area contributed by atoms with Crippen LogP contribution in [0, 0.1) is 5.41 Å². The van der Waals surface area contributed by atoms with Gasteiger partial charge < -0.3 is 11.5 Å². The average molecular weight is 241 g/mol. The summed E-state index contributed by atoms with van der Waals surface area (Å²) in [6, 6.07) is 0.138. The van der Waals surface area contributed by atoms with E-state index in [2.05, 4.69) is 18.7 Å². The first-order chi connectivity index (χ1) is 8.06. The van der Waals surface area contributed by atoms with Crippen molar-refractivity contribution in [2.75, 3.05) is 19.6 Å². The molecule has 1 saturated heterocycles. The zero-order valence-electron chi connectivity index (χ0n) is 11.2. The number of likely N-dealkylation sites (tertiary alicyclic amines) is 1. The van der Waals surface area contributed by atoms with Gasteiger partial charge in [-0.05, 0) is 31.3 Å². The van der Waals surface area contributed by atoms with Gasteiger partial charge >= 0.3 is 0 Å². The van der Waals surface area contributed by atoms with Crippen molar-refractivity contribution in [2.45, 2.75) is 52.0 Å². The molecule has 1 unspecified atom stereocenters. The maximum atomic E-state index is 11.0. The Balaban J connectivity index is 2.52. The Hall–Kier alpha value is -0.610. The molecule has 4 heteroatoms. The summed E-state index contributed by atoms with van der Waals surface area (Å²) in [5, 5.41) is 0. The van der Waals surface area contributed by atoms with Crippen LogP contribution >= 0.6 is 0 Å². The predicted octanol–water partition coefficient (Wildman–Crippen LogP) is 1.09. The van der Waals surface area contributed by atoms with Crippen LogP contribution in [0.2, 0.25) is 0 Å². The summed E-state index contributed by atoms with van der Waals surface area (Å²) in [4.78, 5) is 13.3. The minimum absolute atomic E-state index is 0.138. The summed E-state index contributed by atoms with van der Waals surface area (Å²) < 4.78 is 0. The van der Waals surface area contributed by atoms with Gasteiger partial charge in [-0.1, -0.05) is 26.7 Å². The van der Waals surface area contributed by atoms with Gasteiger partial charge in [-0.2, -0.15) is 0 Å². The first kappa shape index (κ1) is 14.5. The second-order valence-electron chi connectivity index (χ2n) is 5.30. The topological polar surface area (TPSA) is 72.3 Å². The Labute approximate surface area is 105 Å². The molecule has 17 heavy (non-hydrogen) atoms. The van der Waals surface area contributed by atoms with Crippen LogP contribution in [0.15, 0.2) is 0 Å². The number of piperidine rings is 1. The zero-order valence-corrected chi connectivity index (χ0v) is 11.2. The van der Waals surface area contributed by atoms with E-state index in [1.165, 1.54) is 25.7 Å². The van der Waals surface area contributed by atoms with Gasteiger partial charge in [0.2, 0.25) is 5.91 Å². The Morgan fingerprint density at radius 2 is 1.82 bits per heavy atom. The lowest BCUT2D eigenvalue weighted by Gasteiger charge is -2.43. The van der Waals surface area contributed by atoms with E-state index in [4.69, 9.17) is 11.5 Å². The Morgan fingerprint density at radius 3 is 2.18 bits per heavy atom. The van der Waals surface area contributed by atoms with Gasteiger partial charge in [-0.15, -0.1) is 0 Å². The SMILES string of the molecule is CCC1(CC)CCN(C(CN)CC(N)=O)CC1. The zero-order chi connectivity index (χ0) is 12.9. The highest BCUT2D eigenvalue weighted by Crippen LogP contribution is 2.38. The summed E-state index contributed by atoms with van der Waals surface area (Å²) in [5.74, 6) is -0.247. The maximum Gasteiger partial charge on any atom is 0.219 e. The minimum Gasteiger partial charge on any atom is -0.370 e. The Bertz CT molecular complexity index is 241. The van der Waals surface area contributed by atoms with Gasteiger partial charge in [0.25, 0.3) is 0 Å². The summed E-state index contributed by atoms with van der Waals surface area (Å²) in [6.07, 6.45) is 5.33. The smallest absolute Gasteiger partial charge is 0.219 e. The Kier molecular flexibility index (Phi) is 5.40. The van der Waals surface area contributed by atoms with Crippen LogP contribution in [0.4, 0.5) is 0 Å². The van der Waals surface area contributed by atoms with Crippen molar-refractivity contribution in [2.24, 2.45) is 16.9 Å². The first-order valence-electron chi connectivity index (χ1n) is 6.79. The Morgan fingerprint density at radius 1 is 1.29 bits per heavy atom. The number of nitrogens with zero attached hydrogens (tertiary/aromatic N) is 1. The summed E-state index contributed by atoms with van der Waals surface area (Å²) in [7, 11) is 0. The maximum absolute atomic E-state index is 11.0. The fourth-order valence-corrected chi connectivity index (χ4v) is 2.91. The number of amides is 1. The summed E-state index contributed by atoms with van der Waals surface area (Å²) >= 11 is 0. The van der Waals surface area contributed by atoms with Gasteiger partial charge in [0.1, 0.15) is 0 Å². The van der Waals surface area contributed by atoms with Gasteiger partial charge in [-0.25, -0.2) is 0 Å². The van der Waals surface area contributed by atoms with Crippen molar-refractivity contribution in [3.63, 3.8) is 0 Å². The van der Waals surface area contributed by atoms with Crippen LogP contribution in [0.5, 0.6) is 0 Å². The van der Waals surface area contributed by atoms with Crippen LogP contribution in [0.1, 0.15) is 46.0 Å². The molecule has 1 amide bonds. The van der Waals surface area contributed by atoms with E-state index in [0.29, 0.717) is 18.4 Å². The van der Waals surface area contributed by atoms with Crippen molar-refractivity contribution in [3.05, 3.63) is 0 Å². The monoisotopic (exact) mass is 241 g/mol. The van der Waals surface area contributed by atoms with Crippen LogP contribution in [-0.2, 0) is 4.79 Å². The number of nitrogens with two attached hydrogens (primary N) is 2. The second-order valence-corrected chi connectivity index (χ2v) is 5.30. The number of carbonyl (C=O) groups is 1. The first-order valence-corrected chi connectivity index (χ1v) is 6.79. The van der Waals surface area contributed by atoms with Crippen LogP contribution in [0.25, 0.3) is 0 Å². The highest BCUT2D eigenvalue weighted by Gasteiger charge is 2.33. The quantitative estimate of drug-likeness (QED) is 0.731. The van der Waals surface area contributed by atoms with E-state index in [1.807, 2.05) is 0 Å². The number of hydrogen-bond acceptors (Lipinski definition) is 3. The highest BCUT2D eigenvalue weighted by atomic mass is 16.1. The molecule has 0 saturated carbocycles. The molecular weight excluding hydrogens is 214 g/mol. The van der Waals surface area contributed by atoms with Gasteiger partial charge in [0.05, 0.1) is 0 Å². The van der Waals surface area contributed by atoms with E-state index in [0.717, 1.165) is 13.1 Å². The molecule has 0 aromatic heterocycles. The molecule has 0 aliphatic carbocycles. The molecule has 0 spiro atoms. The van der Waals surface area contributed by atoms with E-state index in [1.54, 1.807) is 0 Å². The molecule has 100 valence electrons. The fraction of sp³-hybridized carbons (Fsp3) is 0.923. The molecule has 0 bridgehead atoms. The van der Waals surface area contributed by atoms with Crippen molar-refractivity contribution in [1.29, 1.82) is 0 Å². The number of rotatable bonds is 6. The van der Waals surface area contributed by atoms with Crippen LogP contribution < -0.4 is 11.5 Å². The largest absolute Gasteiger partial charge is 0.370 e. The lowest BCUT2D eigenvalue weighted by molar-refractivity contribution is -0.119. The molecule has 0 aromatic carbocycles. The van der Waals surface area contributed by atoms with Crippen molar-refractivity contribution < 1.29 is 4.79 Å². The molecule has 0 aromatic rings. The van der Waals surface area contributed by atoms with E-state index in [-0.39, 0.29) is 11.9 Å². The number of hydrogen-bond donors (Lipinski definition) is 2. The van der Waals surface area contributed by atoms with Gasteiger partial charge in [-0.3, -0.25) is 9.69 Å². The molecule has 4 N–H and O–H groups in total. The molecule has 1 rings (SSSR count). The van der Waals surface area contributed by atoms with E-state index < -0.39 is 0 Å².